The molecule has 3 aromatic rings. The molecule has 2 N–H and O–H groups in total. The Morgan fingerprint density at radius 3 is 2.22 bits per heavy atom. The average Bonchev–Trinajstić information content (AvgIpc) is 2.81. The van der Waals surface area contributed by atoms with Crippen molar-refractivity contribution in [2.24, 2.45) is 5.10 Å². The Bertz CT molecular complexity index is 1120. The van der Waals surface area contributed by atoms with Crippen LogP contribution in [0.3, 0.4) is 0 Å². The van der Waals surface area contributed by atoms with Gasteiger partial charge in [-0.05, 0) is 42.7 Å². The minimum Gasteiger partial charge on any atom is -0.326 e. The molecular weight excluding hydrogens is 398 g/mol. The molecule has 0 aliphatic heterocycles. The van der Waals surface area contributed by atoms with E-state index in [1.54, 1.807) is 0 Å². The van der Waals surface area contributed by atoms with Crippen LogP contribution in [0, 0.1) is 13.8 Å². The Balaban J connectivity index is 1.60. The molecule has 0 radical (unpaired) electrons. The first-order valence-corrected chi connectivity index (χ1v) is 10.5. The van der Waals surface area contributed by atoms with E-state index in [-0.39, 0.29) is 24.7 Å². The van der Waals surface area contributed by atoms with Crippen molar-refractivity contribution in [2.75, 3.05) is 5.32 Å². The zero-order chi connectivity index (χ0) is 22.8. The standard InChI is InChI=1S/C27H27N3O2/c1-20-13-14-21(2)25(19-20)28-26(31)17-18-27(32)30-29-24(23-11-7-4-8-12-23)16-15-22-9-5-3-6-10-22/h3-16,19H,17-18H2,1-2H3,(H,28,31)(H,30,32)/b16-15+,29-24-. The Hall–Kier alpha value is -3.99. The van der Waals surface area contributed by atoms with Gasteiger partial charge in [0.05, 0.1) is 5.71 Å². The van der Waals surface area contributed by atoms with Crippen molar-refractivity contribution in [3.63, 3.8) is 0 Å². The average molecular weight is 426 g/mol. The number of benzene rings is 3. The van der Waals surface area contributed by atoms with Crippen LogP contribution in [0.25, 0.3) is 6.08 Å². The Morgan fingerprint density at radius 2 is 1.50 bits per heavy atom. The molecule has 0 heterocycles. The Morgan fingerprint density at radius 1 is 0.844 bits per heavy atom. The van der Waals surface area contributed by atoms with Crippen molar-refractivity contribution >= 4 is 29.3 Å². The first-order chi connectivity index (χ1) is 15.5. The smallest absolute Gasteiger partial charge is 0.240 e. The minimum atomic E-state index is -0.317. The summed E-state index contributed by atoms with van der Waals surface area (Å²) in [5, 5.41) is 7.16. The largest absolute Gasteiger partial charge is 0.326 e. The molecule has 0 saturated heterocycles. The van der Waals surface area contributed by atoms with Gasteiger partial charge in [-0.2, -0.15) is 5.10 Å². The molecule has 3 aromatic carbocycles. The van der Waals surface area contributed by atoms with E-state index < -0.39 is 0 Å². The van der Waals surface area contributed by atoms with Gasteiger partial charge in [-0.15, -0.1) is 0 Å². The van der Waals surface area contributed by atoms with E-state index in [2.05, 4.69) is 15.8 Å². The lowest BCUT2D eigenvalue weighted by Crippen LogP contribution is -2.22. The van der Waals surface area contributed by atoms with E-state index in [0.717, 1.165) is 27.9 Å². The molecule has 0 fully saturated rings. The van der Waals surface area contributed by atoms with Crippen LogP contribution in [0.1, 0.15) is 35.1 Å². The molecule has 5 nitrogen and oxygen atoms in total. The van der Waals surface area contributed by atoms with Crippen LogP contribution in [0.5, 0.6) is 0 Å². The fourth-order valence-electron chi connectivity index (χ4n) is 3.04. The highest BCUT2D eigenvalue weighted by molar-refractivity contribution is 6.11. The van der Waals surface area contributed by atoms with E-state index in [0.29, 0.717) is 5.71 Å². The summed E-state index contributed by atoms with van der Waals surface area (Å²) < 4.78 is 0. The summed E-state index contributed by atoms with van der Waals surface area (Å²) in [5.74, 6) is -0.521. The molecule has 162 valence electrons. The number of rotatable bonds is 8. The van der Waals surface area contributed by atoms with E-state index in [1.807, 2.05) is 105 Å². The number of anilines is 1. The van der Waals surface area contributed by atoms with E-state index in [9.17, 15) is 9.59 Å². The zero-order valence-corrected chi connectivity index (χ0v) is 18.3. The summed E-state index contributed by atoms with van der Waals surface area (Å²) in [6.07, 6.45) is 3.92. The van der Waals surface area contributed by atoms with Crippen molar-refractivity contribution in [3.8, 4) is 0 Å². The normalized spacial score (nSPS) is 11.4. The molecule has 3 rings (SSSR count). The second kappa shape index (κ2) is 11.4. The van der Waals surface area contributed by atoms with Gasteiger partial charge >= 0.3 is 0 Å². The lowest BCUT2D eigenvalue weighted by Gasteiger charge is -2.09. The highest BCUT2D eigenvalue weighted by Gasteiger charge is 2.09. The third-order valence-corrected chi connectivity index (χ3v) is 4.85. The van der Waals surface area contributed by atoms with E-state index >= 15 is 0 Å². The van der Waals surface area contributed by atoms with Gasteiger partial charge in [-0.25, -0.2) is 5.43 Å². The van der Waals surface area contributed by atoms with Gasteiger partial charge in [0.25, 0.3) is 0 Å². The molecule has 0 aromatic heterocycles. The number of carbonyl (C=O) groups is 2. The molecule has 0 bridgehead atoms. The number of nitrogens with zero attached hydrogens (tertiary/aromatic N) is 1. The zero-order valence-electron chi connectivity index (χ0n) is 18.3. The van der Waals surface area contributed by atoms with Crippen LogP contribution in [-0.2, 0) is 9.59 Å². The predicted molar refractivity (Wildman–Crippen MR) is 130 cm³/mol. The van der Waals surface area contributed by atoms with Crippen LogP contribution in [0.4, 0.5) is 5.69 Å². The molecule has 0 aliphatic carbocycles. The van der Waals surface area contributed by atoms with Crippen LogP contribution < -0.4 is 10.7 Å². The first kappa shape index (κ1) is 22.7. The van der Waals surface area contributed by atoms with Crippen LogP contribution >= 0.6 is 0 Å². The summed E-state index contributed by atoms with van der Waals surface area (Å²) >= 11 is 0. The van der Waals surface area contributed by atoms with Crippen LogP contribution in [0.15, 0.2) is 90.0 Å². The van der Waals surface area contributed by atoms with Gasteiger partial charge in [0, 0.05) is 24.1 Å². The molecule has 0 aliphatic rings. The van der Waals surface area contributed by atoms with Gasteiger partial charge in [0.1, 0.15) is 0 Å². The number of hydrogen-bond donors (Lipinski definition) is 2. The second-order valence-corrected chi connectivity index (χ2v) is 7.51. The fraction of sp³-hybridized carbons (Fsp3) is 0.148. The minimum absolute atomic E-state index is 0.0463. The monoisotopic (exact) mass is 425 g/mol. The molecule has 0 unspecified atom stereocenters. The number of amides is 2. The maximum atomic E-state index is 12.3. The molecule has 2 amide bonds. The Labute approximate surface area is 188 Å². The SMILES string of the molecule is Cc1ccc(C)c(NC(=O)CCC(=O)N/N=C(/C=C/c2ccccc2)c2ccccc2)c1. The summed E-state index contributed by atoms with van der Waals surface area (Å²) in [4.78, 5) is 24.6. The molecule has 0 atom stereocenters. The molecular formula is C27H27N3O2. The summed E-state index contributed by atoms with van der Waals surface area (Å²) in [6, 6.07) is 25.4. The van der Waals surface area contributed by atoms with Gasteiger partial charge in [0.2, 0.25) is 11.8 Å². The second-order valence-electron chi connectivity index (χ2n) is 7.51. The van der Waals surface area contributed by atoms with Crippen molar-refractivity contribution in [1.29, 1.82) is 0 Å². The lowest BCUT2D eigenvalue weighted by atomic mass is 10.1. The third kappa shape index (κ3) is 7.06. The molecule has 32 heavy (non-hydrogen) atoms. The fourth-order valence-corrected chi connectivity index (χ4v) is 3.04. The van der Waals surface area contributed by atoms with Gasteiger partial charge < -0.3 is 5.32 Å². The number of aryl methyl sites for hydroxylation is 2. The maximum absolute atomic E-state index is 12.3. The van der Waals surface area contributed by atoms with Crippen LogP contribution in [-0.4, -0.2) is 17.5 Å². The quantitative estimate of drug-likeness (QED) is 0.382. The summed E-state index contributed by atoms with van der Waals surface area (Å²) in [5.41, 5.74) is 7.93. The molecule has 0 spiro atoms. The number of carbonyl (C=O) groups excluding carboxylic acids is 2. The number of hydrogen-bond acceptors (Lipinski definition) is 3. The van der Waals surface area contributed by atoms with Crippen molar-refractivity contribution in [1.82, 2.24) is 5.43 Å². The number of nitrogens with one attached hydrogen (secondary N) is 2. The van der Waals surface area contributed by atoms with E-state index in [4.69, 9.17) is 0 Å². The highest BCUT2D eigenvalue weighted by atomic mass is 16.2. The van der Waals surface area contributed by atoms with Crippen molar-refractivity contribution in [3.05, 3.63) is 107 Å². The summed E-state index contributed by atoms with van der Waals surface area (Å²) in [7, 11) is 0. The van der Waals surface area contributed by atoms with Crippen molar-refractivity contribution in [2.45, 2.75) is 26.7 Å². The van der Waals surface area contributed by atoms with Gasteiger partial charge in [0.15, 0.2) is 0 Å². The molecule has 0 saturated carbocycles. The summed E-state index contributed by atoms with van der Waals surface area (Å²) in [6.45, 7) is 3.90. The van der Waals surface area contributed by atoms with Gasteiger partial charge in [-0.3, -0.25) is 9.59 Å². The topological polar surface area (TPSA) is 70.6 Å². The van der Waals surface area contributed by atoms with Gasteiger partial charge in [-0.1, -0.05) is 78.9 Å². The number of hydrazone groups is 1. The number of allylic oxidation sites excluding steroid dienone is 1. The molecule has 5 heteroatoms. The van der Waals surface area contributed by atoms with E-state index in [1.165, 1.54) is 0 Å². The van der Waals surface area contributed by atoms with Crippen LogP contribution in [0.2, 0.25) is 0 Å². The first-order valence-electron chi connectivity index (χ1n) is 10.5. The highest BCUT2D eigenvalue weighted by Crippen LogP contribution is 2.16. The van der Waals surface area contributed by atoms with Crippen molar-refractivity contribution < 1.29 is 9.59 Å². The predicted octanol–water partition coefficient (Wildman–Crippen LogP) is 5.26. The maximum Gasteiger partial charge on any atom is 0.240 e. The third-order valence-electron chi connectivity index (χ3n) is 4.85. The Kier molecular flexibility index (Phi) is 8.09. The lowest BCUT2D eigenvalue weighted by molar-refractivity contribution is -0.124.